The average molecular weight is 286 g/mol. The first-order valence-electron chi connectivity index (χ1n) is 5.39. The second kappa shape index (κ2) is 5.75. The van der Waals surface area contributed by atoms with Gasteiger partial charge in [0.15, 0.2) is 0 Å². The fourth-order valence-corrected chi connectivity index (χ4v) is 1.64. The summed E-state index contributed by atoms with van der Waals surface area (Å²) < 4.78 is 1.03. The number of halogens is 1. The van der Waals surface area contributed by atoms with E-state index < -0.39 is 0 Å². The molecular formula is C12H20BrN3. The minimum Gasteiger partial charge on any atom is -0.311 e. The van der Waals surface area contributed by atoms with Gasteiger partial charge in [0.2, 0.25) is 0 Å². The molecule has 0 atom stereocenters. The first kappa shape index (κ1) is 13.6. The summed E-state index contributed by atoms with van der Waals surface area (Å²) >= 11 is 3.42. The number of nitrogens with zero attached hydrogens (tertiary/aromatic N) is 2. The lowest BCUT2D eigenvalue weighted by atomic mass is 10.0. The fourth-order valence-electron chi connectivity index (χ4n) is 1.22. The molecule has 1 rings (SSSR count). The molecule has 0 radical (unpaired) electrons. The highest BCUT2D eigenvalue weighted by atomic mass is 79.9. The molecule has 1 aromatic heterocycles. The highest BCUT2D eigenvalue weighted by Gasteiger charge is 2.19. The van der Waals surface area contributed by atoms with Crippen molar-refractivity contribution in [2.24, 2.45) is 0 Å². The molecule has 0 unspecified atom stereocenters. The minimum absolute atomic E-state index is 0.166. The smallest absolute Gasteiger partial charge is 0.0410 e. The quantitative estimate of drug-likeness (QED) is 0.900. The Morgan fingerprint density at radius 1 is 1.38 bits per heavy atom. The van der Waals surface area contributed by atoms with Gasteiger partial charge in [-0.15, -0.1) is 0 Å². The maximum Gasteiger partial charge on any atom is 0.0410 e. The molecule has 0 amide bonds. The van der Waals surface area contributed by atoms with E-state index in [0.29, 0.717) is 0 Å². The number of hydrogen-bond donors (Lipinski definition) is 1. The van der Waals surface area contributed by atoms with Crippen molar-refractivity contribution in [2.45, 2.75) is 25.9 Å². The van der Waals surface area contributed by atoms with Gasteiger partial charge in [-0.1, -0.05) is 0 Å². The van der Waals surface area contributed by atoms with Crippen molar-refractivity contribution < 1.29 is 0 Å². The largest absolute Gasteiger partial charge is 0.311 e. The molecule has 4 heteroatoms. The normalized spacial score (nSPS) is 12.1. The predicted molar refractivity (Wildman–Crippen MR) is 71.4 cm³/mol. The molecule has 1 N–H and O–H groups in total. The Bertz CT molecular complexity index is 337. The van der Waals surface area contributed by atoms with Gasteiger partial charge < -0.3 is 10.2 Å². The van der Waals surface area contributed by atoms with Gasteiger partial charge in [-0.3, -0.25) is 4.98 Å². The number of nitrogens with one attached hydrogen (secondary N) is 1. The van der Waals surface area contributed by atoms with E-state index in [1.807, 2.05) is 6.20 Å². The van der Waals surface area contributed by atoms with Crippen LogP contribution in [0.2, 0.25) is 0 Å². The Hall–Kier alpha value is -0.450. The van der Waals surface area contributed by atoms with Crippen LogP contribution in [0.4, 0.5) is 0 Å². The standard InChI is InChI=1S/C12H20BrN3/c1-12(2,16(3)4)9-15-7-10-5-11(13)8-14-6-10/h5-6,8,15H,7,9H2,1-4H3. The molecule has 16 heavy (non-hydrogen) atoms. The molecule has 0 spiro atoms. The van der Waals surface area contributed by atoms with E-state index in [2.05, 4.69) is 65.1 Å². The monoisotopic (exact) mass is 285 g/mol. The van der Waals surface area contributed by atoms with E-state index in [1.165, 1.54) is 5.56 Å². The number of rotatable bonds is 5. The van der Waals surface area contributed by atoms with E-state index in [9.17, 15) is 0 Å². The molecule has 0 aromatic carbocycles. The van der Waals surface area contributed by atoms with Crippen LogP contribution >= 0.6 is 15.9 Å². The SMILES string of the molecule is CN(C)C(C)(C)CNCc1cncc(Br)c1. The first-order valence-corrected chi connectivity index (χ1v) is 6.19. The van der Waals surface area contributed by atoms with Crippen molar-refractivity contribution in [2.75, 3.05) is 20.6 Å². The van der Waals surface area contributed by atoms with Gasteiger partial charge in [0.1, 0.15) is 0 Å². The molecule has 0 aliphatic heterocycles. The van der Waals surface area contributed by atoms with Gasteiger partial charge in [0.05, 0.1) is 0 Å². The number of pyridine rings is 1. The van der Waals surface area contributed by atoms with Crippen LogP contribution in [0.3, 0.4) is 0 Å². The first-order chi connectivity index (χ1) is 7.42. The van der Waals surface area contributed by atoms with E-state index in [4.69, 9.17) is 0 Å². The molecule has 1 aromatic rings. The third kappa shape index (κ3) is 4.20. The number of likely N-dealkylation sites (N-methyl/N-ethyl adjacent to an activating group) is 1. The van der Waals surface area contributed by atoms with Gasteiger partial charge in [-0.2, -0.15) is 0 Å². The molecule has 1 heterocycles. The van der Waals surface area contributed by atoms with E-state index in [1.54, 1.807) is 6.20 Å². The molecule has 90 valence electrons. The van der Waals surface area contributed by atoms with Crippen molar-refractivity contribution in [1.82, 2.24) is 15.2 Å². The highest BCUT2D eigenvalue weighted by molar-refractivity contribution is 9.10. The minimum atomic E-state index is 0.166. The molecule has 3 nitrogen and oxygen atoms in total. The van der Waals surface area contributed by atoms with Gasteiger partial charge in [0, 0.05) is 35.5 Å². The summed E-state index contributed by atoms with van der Waals surface area (Å²) in [7, 11) is 4.20. The molecule has 0 aliphatic rings. The lowest BCUT2D eigenvalue weighted by Gasteiger charge is -2.32. The summed E-state index contributed by atoms with van der Waals surface area (Å²) in [4.78, 5) is 6.36. The molecular weight excluding hydrogens is 266 g/mol. The van der Waals surface area contributed by atoms with Crippen LogP contribution in [0.25, 0.3) is 0 Å². The van der Waals surface area contributed by atoms with E-state index in [0.717, 1.165) is 17.6 Å². The second-order valence-corrected chi connectivity index (χ2v) is 5.74. The predicted octanol–water partition coefficient (Wildman–Crippen LogP) is 2.27. The van der Waals surface area contributed by atoms with Crippen molar-refractivity contribution in [3.8, 4) is 0 Å². The molecule has 0 fully saturated rings. The van der Waals surface area contributed by atoms with Crippen molar-refractivity contribution in [1.29, 1.82) is 0 Å². The Labute approximate surface area is 106 Å². The Morgan fingerprint density at radius 2 is 2.06 bits per heavy atom. The average Bonchev–Trinajstić information content (AvgIpc) is 2.17. The maximum atomic E-state index is 4.14. The fraction of sp³-hybridized carbons (Fsp3) is 0.583. The number of aromatic nitrogens is 1. The maximum absolute atomic E-state index is 4.14. The van der Waals surface area contributed by atoms with Crippen molar-refractivity contribution in [3.63, 3.8) is 0 Å². The lowest BCUT2D eigenvalue weighted by molar-refractivity contribution is 0.190. The third-order valence-corrected chi connectivity index (χ3v) is 3.29. The van der Waals surface area contributed by atoms with Gasteiger partial charge in [0.25, 0.3) is 0 Å². The molecule has 0 aliphatic carbocycles. The van der Waals surface area contributed by atoms with E-state index in [-0.39, 0.29) is 5.54 Å². The van der Waals surface area contributed by atoms with Crippen LogP contribution in [0.1, 0.15) is 19.4 Å². The Balaban J connectivity index is 2.42. The lowest BCUT2D eigenvalue weighted by Crippen LogP contribution is -2.46. The second-order valence-electron chi connectivity index (χ2n) is 4.82. The van der Waals surface area contributed by atoms with Crippen molar-refractivity contribution >= 4 is 15.9 Å². The molecule has 0 bridgehead atoms. The Morgan fingerprint density at radius 3 is 2.62 bits per heavy atom. The van der Waals surface area contributed by atoms with Gasteiger partial charge in [-0.25, -0.2) is 0 Å². The molecule has 0 saturated carbocycles. The van der Waals surface area contributed by atoms with Crippen LogP contribution in [0.5, 0.6) is 0 Å². The summed E-state index contributed by atoms with van der Waals surface area (Å²) in [5.74, 6) is 0. The summed E-state index contributed by atoms with van der Waals surface area (Å²) in [6.07, 6.45) is 3.69. The van der Waals surface area contributed by atoms with Crippen LogP contribution in [-0.4, -0.2) is 36.1 Å². The summed E-state index contributed by atoms with van der Waals surface area (Å²) in [6, 6.07) is 2.09. The summed E-state index contributed by atoms with van der Waals surface area (Å²) in [5, 5.41) is 3.45. The topological polar surface area (TPSA) is 28.2 Å². The summed E-state index contributed by atoms with van der Waals surface area (Å²) in [5.41, 5.74) is 1.36. The highest BCUT2D eigenvalue weighted by Crippen LogP contribution is 2.11. The van der Waals surface area contributed by atoms with E-state index >= 15 is 0 Å². The zero-order chi connectivity index (χ0) is 12.2. The Kier molecular flexibility index (Phi) is 4.89. The zero-order valence-electron chi connectivity index (χ0n) is 10.4. The third-order valence-electron chi connectivity index (χ3n) is 2.86. The van der Waals surface area contributed by atoms with Crippen LogP contribution in [0.15, 0.2) is 22.9 Å². The van der Waals surface area contributed by atoms with Gasteiger partial charge in [-0.05, 0) is 55.5 Å². The van der Waals surface area contributed by atoms with Crippen LogP contribution in [-0.2, 0) is 6.54 Å². The zero-order valence-corrected chi connectivity index (χ0v) is 12.0. The molecule has 0 saturated heterocycles. The van der Waals surface area contributed by atoms with Crippen LogP contribution < -0.4 is 5.32 Å². The number of hydrogen-bond acceptors (Lipinski definition) is 3. The summed E-state index contributed by atoms with van der Waals surface area (Å²) in [6.45, 7) is 6.24. The van der Waals surface area contributed by atoms with Crippen LogP contribution in [0, 0.1) is 0 Å². The van der Waals surface area contributed by atoms with Gasteiger partial charge >= 0.3 is 0 Å². The van der Waals surface area contributed by atoms with Crippen molar-refractivity contribution in [3.05, 3.63) is 28.5 Å².